The number of hydrogen-bond acceptors (Lipinski definition) is 5. The first kappa shape index (κ1) is 14.5. The summed E-state index contributed by atoms with van der Waals surface area (Å²) < 4.78 is 0.919. The molecule has 102 valence electrons. The zero-order chi connectivity index (χ0) is 14.5. The summed E-state index contributed by atoms with van der Waals surface area (Å²) in [6.45, 7) is 0. The molecule has 6 heteroatoms. The summed E-state index contributed by atoms with van der Waals surface area (Å²) in [5.41, 5.74) is 0.378. The Morgan fingerprint density at radius 1 is 1.15 bits per heavy atom. The van der Waals surface area contributed by atoms with Crippen LogP contribution in [0.1, 0.15) is 16.8 Å². The molecule has 1 N–H and O–H groups in total. The number of thiophene rings is 1. The van der Waals surface area contributed by atoms with Gasteiger partial charge in [-0.05, 0) is 18.2 Å². The van der Waals surface area contributed by atoms with Crippen LogP contribution in [0.3, 0.4) is 0 Å². The summed E-state index contributed by atoms with van der Waals surface area (Å²) in [6, 6.07) is 11.4. The number of carbonyl (C=O) groups excluding carboxylic acids is 2. The lowest BCUT2D eigenvalue weighted by Crippen LogP contribution is -2.16. The number of Topliss-reactive ketones (excluding diaryl/α,β-unsaturated/α-hetero) is 2. The lowest BCUT2D eigenvalue weighted by molar-refractivity contribution is -0.148. The van der Waals surface area contributed by atoms with E-state index in [4.69, 9.17) is 5.11 Å². The Balaban J connectivity index is 2.04. The Labute approximate surface area is 123 Å². The average Bonchev–Trinajstić information content (AvgIpc) is 2.88. The van der Waals surface area contributed by atoms with Crippen molar-refractivity contribution < 1.29 is 19.5 Å². The Morgan fingerprint density at radius 2 is 1.85 bits per heavy atom. The normalized spacial score (nSPS) is 10.2. The molecule has 20 heavy (non-hydrogen) atoms. The zero-order valence-electron chi connectivity index (χ0n) is 10.2. The number of benzene rings is 1. The minimum absolute atomic E-state index is 0.378. The van der Waals surface area contributed by atoms with Crippen LogP contribution < -0.4 is 0 Å². The van der Waals surface area contributed by atoms with Gasteiger partial charge in [0.2, 0.25) is 5.78 Å². The van der Waals surface area contributed by atoms with Crippen LogP contribution in [-0.2, 0) is 9.59 Å². The SMILES string of the molecule is O=C(O)C(=O)CC(=O)c1csc(Sc2ccccc2)c1. The van der Waals surface area contributed by atoms with Crippen molar-refractivity contribution in [2.45, 2.75) is 15.5 Å². The molecule has 2 aromatic rings. The summed E-state index contributed by atoms with van der Waals surface area (Å²) in [4.78, 5) is 34.2. The highest BCUT2D eigenvalue weighted by atomic mass is 32.2. The lowest BCUT2D eigenvalue weighted by atomic mass is 10.1. The van der Waals surface area contributed by atoms with Gasteiger partial charge in [0.1, 0.15) is 0 Å². The first-order valence-electron chi connectivity index (χ1n) is 5.67. The Hall–Kier alpha value is -1.92. The molecule has 0 radical (unpaired) electrons. The second-order valence-corrected chi connectivity index (χ2v) is 6.18. The van der Waals surface area contributed by atoms with E-state index in [0.29, 0.717) is 5.56 Å². The van der Waals surface area contributed by atoms with Gasteiger partial charge in [0.25, 0.3) is 0 Å². The van der Waals surface area contributed by atoms with Crippen molar-refractivity contribution in [2.24, 2.45) is 0 Å². The predicted molar refractivity (Wildman–Crippen MR) is 76.5 cm³/mol. The highest BCUT2D eigenvalue weighted by Crippen LogP contribution is 2.32. The maximum Gasteiger partial charge on any atom is 0.372 e. The molecule has 0 bridgehead atoms. The quantitative estimate of drug-likeness (QED) is 0.504. The van der Waals surface area contributed by atoms with Crippen LogP contribution in [0.5, 0.6) is 0 Å². The van der Waals surface area contributed by atoms with E-state index in [-0.39, 0.29) is 0 Å². The largest absolute Gasteiger partial charge is 0.475 e. The standard InChI is InChI=1S/C14H10O4S2/c15-11(7-12(16)14(17)18)9-6-13(19-8-9)20-10-4-2-1-3-5-10/h1-6,8H,7H2,(H,17,18). The van der Waals surface area contributed by atoms with Crippen LogP contribution in [-0.4, -0.2) is 22.6 Å². The van der Waals surface area contributed by atoms with Crippen LogP contribution in [0.25, 0.3) is 0 Å². The first-order valence-corrected chi connectivity index (χ1v) is 7.36. The van der Waals surface area contributed by atoms with Gasteiger partial charge >= 0.3 is 5.97 Å². The van der Waals surface area contributed by atoms with Crippen molar-refractivity contribution in [3.05, 3.63) is 47.3 Å². The van der Waals surface area contributed by atoms with Crippen molar-refractivity contribution in [1.29, 1.82) is 0 Å². The highest BCUT2D eigenvalue weighted by molar-refractivity contribution is 8.01. The Bertz CT molecular complexity index is 646. The Morgan fingerprint density at radius 3 is 2.50 bits per heavy atom. The van der Waals surface area contributed by atoms with Crippen molar-refractivity contribution in [3.63, 3.8) is 0 Å². The molecule has 1 aromatic carbocycles. The highest BCUT2D eigenvalue weighted by Gasteiger charge is 2.18. The molecule has 1 heterocycles. The topological polar surface area (TPSA) is 71.4 Å². The maximum atomic E-state index is 11.7. The van der Waals surface area contributed by atoms with E-state index >= 15 is 0 Å². The molecule has 0 aliphatic carbocycles. The molecule has 0 saturated carbocycles. The number of ketones is 2. The molecule has 0 aliphatic heterocycles. The van der Waals surface area contributed by atoms with Crippen LogP contribution in [0.4, 0.5) is 0 Å². The van der Waals surface area contributed by atoms with Gasteiger partial charge in [0.05, 0.1) is 10.6 Å². The van der Waals surface area contributed by atoms with Crippen LogP contribution in [0.2, 0.25) is 0 Å². The number of carboxylic acid groups (broad SMARTS) is 1. The smallest absolute Gasteiger partial charge is 0.372 e. The molecule has 0 amide bonds. The number of carboxylic acids is 1. The fraction of sp³-hybridized carbons (Fsp3) is 0.0714. The van der Waals surface area contributed by atoms with E-state index in [1.54, 1.807) is 11.4 Å². The number of aliphatic carboxylic acids is 1. The van der Waals surface area contributed by atoms with Crippen molar-refractivity contribution >= 4 is 40.6 Å². The molecule has 4 nitrogen and oxygen atoms in total. The van der Waals surface area contributed by atoms with Gasteiger partial charge in [-0.15, -0.1) is 11.3 Å². The minimum Gasteiger partial charge on any atom is -0.475 e. The van der Waals surface area contributed by atoms with Crippen LogP contribution in [0.15, 0.2) is 50.9 Å². The van der Waals surface area contributed by atoms with Gasteiger partial charge in [-0.3, -0.25) is 9.59 Å². The molecule has 0 unspecified atom stereocenters. The maximum absolute atomic E-state index is 11.7. The molecule has 0 atom stereocenters. The van der Waals surface area contributed by atoms with Gasteiger partial charge < -0.3 is 5.11 Å². The number of rotatable bonds is 6. The van der Waals surface area contributed by atoms with Gasteiger partial charge in [0, 0.05) is 15.8 Å². The average molecular weight is 306 g/mol. The van der Waals surface area contributed by atoms with Gasteiger partial charge in [-0.25, -0.2) is 4.79 Å². The third-order valence-electron chi connectivity index (χ3n) is 2.42. The zero-order valence-corrected chi connectivity index (χ0v) is 11.9. The number of hydrogen-bond donors (Lipinski definition) is 1. The summed E-state index contributed by atoms with van der Waals surface area (Å²) in [6.07, 6.45) is -0.596. The molecular formula is C14H10O4S2. The van der Waals surface area contributed by atoms with Gasteiger partial charge in [0.15, 0.2) is 5.78 Å². The van der Waals surface area contributed by atoms with Crippen LogP contribution in [0, 0.1) is 0 Å². The fourth-order valence-corrected chi connectivity index (χ4v) is 3.42. The van der Waals surface area contributed by atoms with E-state index < -0.39 is 24.0 Å². The monoisotopic (exact) mass is 306 g/mol. The van der Waals surface area contributed by atoms with Gasteiger partial charge in [-0.1, -0.05) is 30.0 Å². The molecule has 0 spiro atoms. The second kappa shape index (κ2) is 6.49. The molecular weight excluding hydrogens is 296 g/mol. The van der Waals surface area contributed by atoms with Crippen molar-refractivity contribution in [2.75, 3.05) is 0 Å². The van der Waals surface area contributed by atoms with Crippen LogP contribution >= 0.6 is 23.1 Å². The third kappa shape index (κ3) is 3.79. The van der Waals surface area contributed by atoms with Crippen molar-refractivity contribution in [1.82, 2.24) is 0 Å². The van der Waals surface area contributed by atoms with E-state index in [1.165, 1.54) is 23.1 Å². The molecule has 2 rings (SSSR count). The minimum atomic E-state index is -1.58. The fourth-order valence-electron chi connectivity index (χ4n) is 1.44. The van der Waals surface area contributed by atoms with Gasteiger partial charge in [-0.2, -0.15) is 0 Å². The molecule has 0 fully saturated rings. The Kier molecular flexibility index (Phi) is 4.70. The second-order valence-electron chi connectivity index (χ2n) is 3.90. The van der Waals surface area contributed by atoms with E-state index in [9.17, 15) is 14.4 Å². The summed E-state index contributed by atoms with van der Waals surface area (Å²) in [5.74, 6) is -3.13. The first-order chi connectivity index (χ1) is 9.56. The third-order valence-corrected chi connectivity index (χ3v) is 4.51. The molecule has 0 aliphatic rings. The summed E-state index contributed by atoms with van der Waals surface area (Å²) >= 11 is 2.91. The lowest BCUT2D eigenvalue weighted by Gasteiger charge is -1.96. The summed E-state index contributed by atoms with van der Waals surface area (Å²) in [5, 5.41) is 10.1. The summed E-state index contributed by atoms with van der Waals surface area (Å²) in [7, 11) is 0. The van der Waals surface area contributed by atoms with Crippen molar-refractivity contribution in [3.8, 4) is 0 Å². The predicted octanol–water partition coefficient (Wildman–Crippen LogP) is 3.13. The number of carbonyl (C=O) groups is 3. The van der Waals surface area contributed by atoms with E-state index in [0.717, 1.165) is 9.10 Å². The van der Waals surface area contributed by atoms with E-state index in [1.807, 2.05) is 30.3 Å². The molecule has 0 saturated heterocycles. The molecule has 1 aromatic heterocycles. The van der Waals surface area contributed by atoms with E-state index in [2.05, 4.69) is 0 Å².